The number of ether oxygens (including phenoxy) is 1. The molecule has 1 amide bonds. The Balaban J connectivity index is 1.73. The van der Waals surface area contributed by atoms with E-state index in [0.29, 0.717) is 17.1 Å². The summed E-state index contributed by atoms with van der Waals surface area (Å²) in [6, 6.07) is 8.99. The molecule has 1 aromatic carbocycles. The van der Waals surface area contributed by atoms with E-state index in [9.17, 15) is 9.59 Å². The highest BCUT2D eigenvalue weighted by Gasteiger charge is 2.13. The second-order valence-corrected chi connectivity index (χ2v) is 6.45. The number of aromatic nitrogens is 3. The third kappa shape index (κ3) is 3.58. The van der Waals surface area contributed by atoms with Gasteiger partial charge in [0, 0.05) is 17.1 Å². The number of aryl methyl sites for hydroxylation is 2. The standard InChI is InChI=1S/C17H17BrN4O3/c1-11-9-12(18)10-13(25-2)16(11)19-15(23)6-8-22-17(24)21-7-4-3-5-14(21)20-22/h3-5,7,9-10H,6,8H2,1-2H3,(H,19,23). The molecule has 0 spiro atoms. The molecule has 0 aliphatic carbocycles. The third-order valence-corrected chi connectivity index (χ3v) is 4.25. The van der Waals surface area contributed by atoms with Gasteiger partial charge in [0.05, 0.1) is 19.3 Å². The van der Waals surface area contributed by atoms with Gasteiger partial charge in [-0.1, -0.05) is 22.0 Å². The number of rotatable bonds is 5. The summed E-state index contributed by atoms with van der Waals surface area (Å²) in [5.74, 6) is 0.359. The molecule has 0 fully saturated rings. The normalized spacial score (nSPS) is 10.8. The van der Waals surface area contributed by atoms with Crippen LogP contribution in [0, 0.1) is 6.92 Å². The van der Waals surface area contributed by atoms with Crippen molar-refractivity contribution in [3.8, 4) is 5.75 Å². The van der Waals surface area contributed by atoms with Crippen molar-refractivity contribution in [2.24, 2.45) is 0 Å². The molecule has 0 saturated carbocycles. The van der Waals surface area contributed by atoms with Gasteiger partial charge < -0.3 is 10.1 Å². The fraction of sp³-hybridized carbons (Fsp3) is 0.235. The molecule has 0 aliphatic heterocycles. The molecular formula is C17H17BrN4O3. The highest BCUT2D eigenvalue weighted by Crippen LogP contribution is 2.32. The van der Waals surface area contributed by atoms with Gasteiger partial charge in [-0.3, -0.25) is 9.20 Å². The maximum atomic E-state index is 12.3. The number of amides is 1. The van der Waals surface area contributed by atoms with Crippen LogP contribution in [0.4, 0.5) is 5.69 Å². The van der Waals surface area contributed by atoms with Crippen molar-refractivity contribution >= 4 is 33.2 Å². The van der Waals surface area contributed by atoms with E-state index < -0.39 is 0 Å². The van der Waals surface area contributed by atoms with E-state index in [-0.39, 0.29) is 24.6 Å². The second kappa shape index (κ2) is 7.10. The summed E-state index contributed by atoms with van der Waals surface area (Å²) in [6.45, 7) is 2.08. The molecule has 3 rings (SSSR count). The zero-order chi connectivity index (χ0) is 18.0. The lowest BCUT2D eigenvalue weighted by molar-refractivity contribution is -0.116. The molecule has 3 aromatic rings. The first-order valence-corrected chi connectivity index (χ1v) is 8.47. The summed E-state index contributed by atoms with van der Waals surface area (Å²) in [7, 11) is 1.55. The van der Waals surface area contributed by atoms with Crippen LogP contribution < -0.4 is 15.7 Å². The Morgan fingerprint density at radius 1 is 1.36 bits per heavy atom. The second-order valence-electron chi connectivity index (χ2n) is 5.53. The van der Waals surface area contributed by atoms with Gasteiger partial charge in [-0.2, -0.15) is 0 Å². The number of anilines is 1. The van der Waals surface area contributed by atoms with Crippen LogP contribution in [-0.4, -0.2) is 27.2 Å². The Hall–Kier alpha value is -2.61. The predicted molar refractivity (Wildman–Crippen MR) is 98.1 cm³/mol. The summed E-state index contributed by atoms with van der Waals surface area (Å²) in [5, 5.41) is 7.06. The lowest BCUT2D eigenvalue weighted by Crippen LogP contribution is -2.24. The highest BCUT2D eigenvalue weighted by molar-refractivity contribution is 9.10. The number of nitrogens with zero attached hydrogens (tertiary/aromatic N) is 3. The largest absolute Gasteiger partial charge is 0.495 e. The lowest BCUT2D eigenvalue weighted by Gasteiger charge is -2.13. The van der Waals surface area contributed by atoms with E-state index in [1.807, 2.05) is 13.0 Å². The minimum Gasteiger partial charge on any atom is -0.495 e. The molecule has 0 radical (unpaired) electrons. The lowest BCUT2D eigenvalue weighted by atomic mass is 10.2. The van der Waals surface area contributed by atoms with Gasteiger partial charge in [-0.25, -0.2) is 9.48 Å². The number of hydrogen-bond acceptors (Lipinski definition) is 4. The molecule has 0 unspecified atom stereocenters. The van der Waals surface area contributed by atoms with Gasteiger partial charge in [-0.05, 0) is 36.8 Å². The first-order chi connectivity index (χ1) is 12.0. The minimum absolute atomic E-state index is 0.127. The first kappa shape index (κ1) is 17.2. The monoisotopic (exact) mass is 404 g/mol. The third-order valence-electron chi connectivity index (χ3n) is 3.79. The summed E-state index contributed by atoms with van der Waals surface area (Å²) in [6.07, 6.45) is 1.78. The number of nitrogens with one attached hydrogen (secondary N) is 1. The average Bonchev–Trinajstić information content (AvgIpc) is 2.91. The van der Waals surface area contributed by atoms with Gasteiger partial charge in [-0.15, -0.1) is 5.10 Å². The number of hydrogen-bond donors (Lipinski definition) is 1. The summed E-state index contributed by atoms with van der Waals surface area (Å²) in [4.78, 5) is 24.5. The summed E-state index contributed by atoms with van der Waals surface area (Å²) < 4.78 is 8.92. The summed E-state index contributed by atoms with van der Waals surface area (Å²) in [5.41, 5.74) is 1.79. The Kier molecular flexibility index (Phi) is 4.89. The maximum Gasteiger partial charge on any atom is 0.350 e. The molecule has 2 aromatic heterocycles. The zero-order valence-corrected chi connectivity index (χ0v) is 15.4. The van der Waals surface area contributed by atoms with Crippen LogP contribution in [0.3, 0.4) is 0 Å². The highest BCUT2D eigenvalue weighted by atomic mass is 79.9. The van der Waals surface area contributed by atoms with Crippen molar-refractivity contribution in [3.63, 3.8) is 0 Å². The molecule has 0 aliphatic rings. The van der Waals surface area contributed by atoms with Crippen LogP contribution in [0.1, 0.15) is 12.0 Å². The first-order valence-electron chi connectivity index (χ1n) is 7.68. The SMILES string of the molecule is COc1cc(Br)cc(C)c1NC(=O)CCn1nc2ccccn2c1=O. The van der Waals surface area contributed by atoms with Gasteiger partial charge in [0.1, 0.15) is 5.75 Å². The molecule has 25 heavy (non-hydrogen) atoms. The maximum absolute atomic E-state index is 12.3. The Bertz CT molecular complexity index is 993. The molecule has 8 heteroatoms. The van der Waals surface area contributed by atoms with Crippen LogP contribution in [0.5, 0.6) is 5.75 Å². The average molecular weight is 405 g/mol. The minimum atomic E-state index is -0.263. The van der Waals surface area contributed by atoms with Crippen LogP contribution in [0.25, 0.3) is 5.65 Å². The molecule has 1 N–H and O–H groups in total. The molecule has 130 valence electrons. The van der Waals surface area contributed by atoms with E-state index in [0.717, 1.165) is 10.0 Å². The van der Waals surface area contributed by atoms with Crippen LogP contribution in [-0.2, 0) is 11.3 Å². The fourth-order valence-corrected chi connectivity index (χ4v) is 3.11. The van der Waals surface area contributed by atoms with Gasteiger partial charge in [0.2, 0.25) is 5.91 Å². The number of halogens is 1. The quantitative estimate of drug-likeness (QED) is 0.708. The van der Waals surface area contributed by atoms with Crippen LogP contribution in [0.15, 0.2) is 45.8 Å². The van der Waals surface area contributed by atoms with Crippen molar-refractivity contribution in [1.29, 1.82) is 0 Å². The van der Waals surface area contributed by atoms with Gasteiger partial charge >= 0.3 is 5.69 Å². The van der Waals surface area contributed by atoms with E-state index in [4.69, 9.17) is 4.74 Å². The molecule has 0 atom stereocenters. The summed E-state index contributed by atoms with van der Waals surface area (Å²) >= 11 is 3.40. The van der Waals surface area contributed by atoms with Crippen molar-refractivity contribution in [2.75, 3.05) is 12.4 Å². The van der Waals surface area contributed by atoms with Crippen molar-refractivity contribution < 1.29 is 9.53 Å². The van der Waals surface area contributed by atoms with E-state index in [1.54, 1.807) is 37.6 Å². The number of carbonyl (C=O) groups is 1. The van der Waals surface area contributed by atoms with Gasteiger partial charge in [0.15, 0.2) is 5.65 Å². The molecule has 2 heterocycles. The number of carbonyl (C=O) groups excluding carboxylic acids is 1. The molecular weight excluding hydrogens is 388 g/mol. The Morgan fingerprint density at radius 2 is 2.16 bits per heavy atom. The van der Waals surface area contributed by atoms with E-state index in [2.05, 4.69) is 26.3 Å². The van der Waals surface area contributed by atoms with E-state index in [1.165, 1.54) is 9.08 Å². The Labute approximate surface area is 152 Å². The van der Waals surface area contributed by atoms with Crippen LogP contribution >= 0.6 is 15.9 Å². The molecule has 0 saturated heterocycles. The zero-order valence-electron chi connectivity index (χ0n) is 13.8. The Morgan fingerprint density at radius 3 is 2.88 bits per heavy atom. The van der Waals surface area contributed by atoms with Crippen molar-refractivity contribution in [3.05, 3.63) is 57.0 Å². The van der Waals surface area contributed by atoms with Crippen LogP contribution in [0.2, 0.25) is 0 Å². The van der Waals surface area contributed by atoms with Gasteiger partial charge in [0.25, 0.3) is 0 Å². The number of fused-ring (bicyclic) bond motifs is 1. The number of methoxy groups -OCH3 is 1. The number of pyridine rings is 1. The smallest absolute Gasteiger partial charge is 0.350 e. The topological polar surface area (TPSA) is 77.6 Å². The molecule has 0 bridgehead atoms. The molecule has 7 nitrogen and oxygen atoms in total. The van der Waals surface area contributed by atoms with Crippen molar-refractivity contribution in [1.82, 2.24) is 14.2 Å². The fourth-order valence-electron chi connectivity index (χ4n) is 2.56. The van der Waals surface area contributed by atoms with Crippen molar-refractivity contribution in [2.45, 2.75) is 19.9 Å². The predicted octanol–water partition coefficient (Wildman–Crippen LogP) is 2.60. The number of benzene rings is 1. The van der Waals surface area contributed by atoms with E-state index >= 15 is 0 Å².